The lowest BCUT2D eigenvalue weighted by atomic mass is 10.0. The topological polar surface area (TPSA) is 85.8 Å². The number of hydrogen-bond acceptors (Lipinski definition) is 7. The molecule has 1 aliphatic rings. The summed E-state index contributed by atoms with van der Waals surface area (Å²) in [5.74, 6) is -0.241. The summed E-state index contributed by atoms with van der Waals surface area (Å²) < 4.78 is 60.1. The van der Waals surface area contributed by atoms with E-state index in [0.29, 0.717) is 46.0 Å². The van der Waals surface area contributed by atoms with Gasteiger partial charge < -0.3 is 24.4 Å². The van der Waals surface area contributed by atoms with E-state index in [-0.39, 0.29) is 30.2 Å². The molecular weight excluding hydrogens is 537 g/mol. The van der Waals surface area contributed by atoms with Crippen molar-refractivity contribution in [1.82, 2.24) is 14.9 Å². The first kappa shape index (κ1) is 27.8. The molecule has 1 aromatic heterocycles. The number of alkyl halides is 1. The highest BCUT2D eigenvalue weighted by Crippen LogP contribution is 2.39. The lowest BCUT2D eigenvalue weighted by Crippen LogP contribution is -2.48. The molecule has 212 valence electrons. The van der Waals surface area contributed by atoms with Crippen LogP contribution >= 0.6 is 0 Å². The zero-order valence-electron chi connectivity index (χ0n) is 22.4. The van der Waals surface area contributed by atoms with Gasteiger partial charge in [0.2, 0.25) is 5.91 Å². The van der Waals surface area contributed by atoms with E-state index in [1.807, 2.05) is 0 Å². The number of methoxy groups -OCH3 is 2. The molecular formula is C30H27F3N4O4. The first-order chi connectivity index (χ1) is 19.8. The Hall–Kier alpha value is -4.80. The summed E-state index contributed by atoms with van der Waals surface area (Å²) in [5, 5.41) is 3.75. The van der Waals surface area contributed by atoms with Crippen molar-refractivity contribution >= 4 is 28.3 Å². The lowest BCUT2D eigenvalue weighted by Gasteiger charge is -2.34. The highest BCUT2D eigenvalue weighted by molar-refractivity contribution is 5.94. The van der Waals surface area contributed by atoms with Crippen molar-refractivity contribution in [2.75, 3.05) is 32.6 Å². The second-order valence-electron chi connectivity index (χ2n) is 9.36. The van der Waals surface area contributed by atoms with Crippen LogP contribution in [0.2, 0.25) is 0 Å². The van der Waals surface area contributed by atoms with Crippen LogP contribution in [0.15, 0.2) is 67.5 Å². The lowest BCUT2D eigenvalue weighted by molar-refractivity contribution is -0.129. The van der Waals surface area contributed by atoms with Crippen LogP contribution < -0.4 is 19.5 Å². The monoisotopic (exact) mass is 564 g/mol. The molecule has 11 heteroatoms. The van der Waals surface area contributed by atoms with Crippen molar-refractivity contribution in [3.8, 4) is 28.4 Å². The van der Waals surface area contributed by atoms with Crippen LogP contribution in [0.25, 0.3) is 22.0 Å². The zero-order chi connectivity index (χ0) is 29.1. The van der Waals surface area contributed by atoms with Crippen LogP contribution in [0.5, 0.6) is 17.2 Å². The van der Waals surface area contributed by atoms with E-state index in [2.05, 4.69) is 21.9 Å². The third kappa shape index (κ3) is 5.74. The average Bonchev–Trinajstić information content (AvgIpc) is 2.97. The van der Waals surface area contributed by atoms with Crippen LogP contribution in [-0.4, -0.2) is 60.4 Å². The summed E-state index contributed by atoms with van der Waals surface area (Å²) in [6.07, 6.45) is 0.581. The van der Waals surface area contributed by atoms with Gasteiger partial charge in [-0.3, -0.25) is 4.79 Å². The number of carbonyl (C=O) groups excluding carboxylic acids is 1. The molecule has 1 aliphatic heterocycles. The van der Waals surface area contributed by atoms with E-state index in [4.69, 9.17) is 14.2 Å². The molecule has 0 saturated carbocycles. The Morgan fingerprint density at radius 3 is 2.56 bits per heavy atom. The predicted molar refractivity (Wildman–Crippen MR) is 148 cm³/mol. The highest BCUT2D eigenvalue weighted by Gasteiger charge is 2.33. The summed E-state index contributed by atoms with van der Waals surface area (Å²) >= 11 is 0. The van der Waals surface area contributed by atoms with Gasteiger partial charge in [-0.1, -0.05) is 12.6 Å². The predicted octanol–water partition coefficient (Wildman–Crippen LogP) is 5.84. The van der Waals surface area contributed by atoms with Crippen molar-refractivity contribution in [3.63, 3.8) is 0 Å². The largest absolute Gasteiger partial charge is 0.495 e. The van der Waals surface area contributed by atoms with E-state index in [1.54, 1.807) is 30.3 Å². The molecule has 1 amide bonds. The fourth-order valence-corrected chi connectivity index (χ4v) is 4.75. The Bertz CT molecular complexity index is 1620. The second kappa shape index (κ2) is 11.7. The number of nitrogens with zero attached hydrogens (tertiary/aromatic N) is 3. The molecule has 0 aliphatic carbocycles. The highest BCUT2D eigenvalue weighted by atomic mass is 19.1. The molecule has 0 spiro atoms. The summed E-state index contributed by atoms with van der Waals surface area (Å²) in [6, 6.07) is 11.7. The quantitative estimate of drug-likeness (QED) is 0.269. The van der Waals surface area contributed by atoms with Gasteiger partial charge in [0.1, 0.15) is 35.6 Å². The number of fused-ring (bicyclic) bond motifs is 1. The van der Waals surface area contributed by atoms with Crippen LogP contribution in [-0.2, 0) is 4.79 Å². The van der Waals surface area contributed by atoms with Gasteiger partial charge in [0, 0.05) is 36.0 Å². The van der Waals surface area contributed by atoms with Gasteiger partial charge in [0.25, 0.3) is 0 Å². The molecule has 3 aromatic carbocycles. The second-order valence-corrected chi connectivity index (χ2v) is 9.36. The van der Waals surface area contributed by atoms with Gasteiger partial charge >= 0.3 is 0 Å². The number of carbonyl (C=O) groups is 1. The first-order valence-electron chi connectivity index (χ1n) is 12.8. The minimum absolute atomic E-state index is 0.105. The standard InChI is InChI=1S/C30H27F3N4O4/c1-4-29(38)37-10-9-25(22(33)15-37)41-28-13-20-23(14-27(28)40-3)34-16-35-30(20)36-24-11-17(5-8-26(24)39-2)19-7-6-18(31)12-21(19)32/h4-8,11-14,16,22,25H,1,9-10,15H2,2-3H3,(H,34,35,36)/t22-,25+/m0/s1. The van der Waals surface area contributed by atoms with Crippen LogP contribution in [0, 0.1) is 11.6 Å². The van der Waals surface area contributed by atoms with E-state index in [9.17, 15) is 13.6 Å². The number of rotatable bonds is 8. The maximum absolute atomic E-state index is 15.0. The summed E-state index contributed by atoms with van der Waals surface area (Å²) in [6.45, 7) is 3.68. The molecule has 1 fully saturated rings. The van der Waals surface area contributed by atoms with Gasteiger partial charge in [0.15, 0.2) is 17.7 Å². The van der Waals surface area contributed by atoms with E-state index < -0.39 is 23.9 Å². The normalized spacial score (nSPS) is 16.8. The Labute approximate surface area is 234 Å². The molecule has 1 saturated heterocycles. The number of aromatic nitrogens is 2. The van der Waals surface area contributed by atoms with Crippen molar-refractivity contribution in [1.29, 1.82) is 0 Å². The van der Waals surface area contributed by atoms with Crippen LogP contribution in [0.3, 0.4) is 0 Å². The van der Waals surface area contributed by atoms with Gasteiger partial charge in [-0.05, 0) is 42.0 Å². The Morgan fingerprint density at radius 1 is 1.05 bits per heavy atom. The van der Waals surface area contributed by atoms with E-state index >= 15 is 4.39 Å². The Kier molecular flexibility index (Phi) is 7.95. The molecule has 4 aromatic rings. The molecule has 8 nitrogen and oxygen atoms in total. The Balaban J connectivity index is 1.48. The minimum atomic E-state index is -1.42. The summed E-state index contributed by atoms with van der Waals surface area (Å²) in [4.78, 5) is 22.0. The smallest absolute Gasteiger partial charge is 0.246 e. The number of benzene rings is 3. The zero-order valence-corrected chi connectivity index (χ0v) is 22.4. The number of amides is 1. The van der Waals surface area contributed by atoms with Gasteiger partial charge in [-0.15, -0.1) is 0 Å². The minimum Gasteiger partial charge on any atom is -0.495 e. The molecule has 41 heavy (non-hydrogen) atoms. The van der Waals surface area contributed by atoms with Gasteiger partial charge in [0.05, 0.1) is 32.0 Å². The molecule has 0 radical (unpaired) electrons. The van der Waals surface area contributed by atoms with Gasteiger partial charge in [-0.25, -0.2) is 23.1 Å². The summed E-state index contributed by atoms with van der Waals surface area (Å²) in [5.41, 5.74) is 1.70. The molecule has 1 N–H and O–H groups in total. The summed E-state index contributed by atoms with van der Waals surface area (Å²) in [7, 11) is 2.96. The third-order valence-corrected chi connectivity index (χ3v) is 6.86. The van der Waals surface area contributed by atoms with Crippen LogP contribution in [0.4, 0.5) is 24.7 Å². The fourth-order valence-electron chi connectivity index (χ4n) is 4.75. The van der Waals surface area contributed by atoms with Crippen molar-refractivity contribution in [2.45, 2.75) is 18.7 Å². The van der Waals surface area contributed by atoms with Crippen molar-refractivity contribution in [2.24, 2.45) is 0 Å². The SMILES string of the molecule is C=CC(=O)N1CC[C@@H](Oc2cc3c(Nc4cc(-c5ccc(F)cc5F)ccc4OC)ncnc3cc2OC)[C@@H](F)C1. The molecule has 0 unspecified atom stereocenters. The Morgan fingerprint density at radius 2 is 1.85 bits per heavy atom. The molecule has 2 heterocycles. The number of piperidine rings is 1. The van der Waals surface area contributed by atoms with Crippen molar-refractivity contribution < 1.29 is 32.2 Å². The van der Waals surface area contributed by atoms with E-state index in [0.717, 1.165) is 12.1 Å². The number of halogens is 3. The number of likely N-dealkylation sites (tertiary alicyclic amines) is 1. The van der Waals surface area contributed by atoms with Crippen molar-refractivity contribution in [3.05, 3.63) is 79.1 Å². The third-order valence-electron chi connectivity index (χ3n) is 6.86. The number of nitrogens with one attached hydrogen (secondary N) is 1. The van der Waals surface area contributed by atoms with E-state index in [1.165, 1.54) is 37.6 Å². The fraction of sp³-hybridized carbons (Fsp3) is 0.233. The molecule has 5 rings (SSSR count). The number of ether oxygens (including phenoxy) is 3. The maximum atomic E-state index is 15.0. The van der Waals surface area contributed by atoms with Gasteiger partial charge in [-0.2, -0.15) is 0 Å². The first-order valence-corrected chi connectivity index (χ1v) is 12.8. The molecule has 0 bridgehead atoms. The number of hydrogen-bond donors (Lipinski definition) is 1. The average molecular weight is 565 g/mol. The number of anilines is 2. The maximum Gasteiger partial charge on any atom is 0.246 e. The molecule has 2 atom stereocenters. The van der Waals surface area contributed by atoms with Crippen LogP contribution in [0.1, 0.15) is 6.42 Å².